The lowest BCUT2D eigenvalue weighted by Crippen LogP contribution is -2.41. The van der Waals surface area contributed by atoms with Gasteiger partial charge in [0.2, 0.25) is 0 Å². The van der Waals surface area contributed by atoms with Crippen LogP contribution in [0, 0.1) is 12.8 Å². The van der Waals surface area contributed by atoms with Crippen LogP contribution >= 0.6 is 22.9 Å². The van der Waals surface area contributed by atoms with E-state index in [9.17, 15) is 9.90 Å². The lowest BCUT2D eigenvalue weighted by Gasteiger charge is -2.19. The summed E-state index contributed by atoms with van der Waals surface area (Å²) in [6.07, 6.45) is 0. The lowest BCUT2D eigenvalue weighted by molar-refractivity contribution is 0.0900. The SMILES string of the molecule is Cc1nc(-c2ccccc2Cl)sc1C(=O)NC(CO)C(C)C. The Labute approximate surface area is 139 Å². The number of thiazole rings is 1. The smallest absolute Gasteiger partial charge is 0.263 e. The van der Waals surface area contributed by atoms with Crippen molar-refractivity contribution in [1.82, 2.24) is 10.3 Å². The number of aliphatic hydroxyl groups is 1. The summed E-state index contributed by atoms with van der Waals surface area (Å²) in [4.78, 5) is 17.4. The molecule has 1 amide bonds. The minimum absolute atomic E-state index is 0.0847. The molecule has 2 N–H and O–H groups in total. The monoisotopic (exact) mass is 338 g/mol. The summed E-state index contributed by atoms with van der Waals surface area (Å²) in [6, 6.07) is 7.16. The van der Waals surface area contributed by atoms with Crippen LogP contribution in [-0.2, 0) is 0 Å². The van der Waals surface area contributed by atoms with E-state index in [2.05, 4.69) is 10.3 Å². The molecule has 0 saturated heterocycles. The van der Waals surface area contributed by atoms with Gasteiger partial charge in [-0.15, -0.1) is 11.3 Å². The van der Waals surface area contributed by atoms with Gasteiger partial charge in [-0.1, -0.05) is 43.6 Å². The van der Waals surface area contributed by atoms with Gasteiger partial charge in [-0.2, -0.15) is 0 Å². The second kappa shape index (κ2) is 7.22. The van der Waals surface area contributed by atoms with E-state index in [4.69, 9.17) is 11.6 Å². The molecule has 0 aliphatic rings. The van der Waals surface area contributed by atoms with E-state index in [1.165, 1.54) is 11.3 Å². The maximum Gasteiger partial charge on any atom is 0.263 e. The van der Waals surface area contributed by atoms with Crippen LogP contribution in [0.3, 0.4) is 0 Å². The van der Waals surface area contributed by atoms with E-state index >= 15 is 0 Å². The Morgan fingerprint density at radius 1 is 1.41 bits per heavy atom. The van der Waals surface area contributed by atoms with Crippen molar-refractivity contribution in [2.45, 2.75) is 26.8 Å². The fraction of sp³-hybridized carbons (Fsp3) is 0.375. The molecule has 0 bridgehead atoms. The standard InChI is InChI=1S/C16H19ClN2O2S/c1-9(2)13(8-20)19-15(21)14-10(3)18-16(22-14)11-6-4-5-7-12(11)17/h4-7,9,13,20H,8H2,1-3H3,(H,19,21). The Morgan fingerprint density at radius 3 is 2.68 bits per heavy atom. The van der Waals surface area contributed by atoms with Crippen molar-refractivity contribution in [2.75, 3.05) is 6.61 Å². The van der Waals surface area contributed by atoms with Gasteiger partial charge in [-0.3, -0.25) is 4.79 Å². The molecule has 22 heavy (non-hydrogen) atoms. The zero-order chi connectivity index (χ0) is 16.3. The molecule has 0 aliphatic heterocycles. The van der Waals surface area contributed by atoms with Crippen molar-refractivity contribution in [1.29, 1.82) is 0 Å². The number of nitrogens with one attached hydrogen (secondary N) is 1. The van der Waals surface area contributed by atoms with Gasteiger partial charge >= 0.3 is 0 Å². The second-order valence-electron chi connectivity index (χ2n) is 5.42. The summed E-state index contributed by atoms with van der Waals surface area (Å²) in [7, 11) is 0. The van der Waals surface area contributed by atoms with Crippen molar-refractivity contribution in [3.05, 3.63) is 39.9 Å². The van der Waals surface area contributed by atoms with Crippen LogP contribution in [0.5, 0.6) is 0 Å². The zero-order valence-corrected chi connectivity index (χ0v) is 14.3. The molecule has 6 heteroatoms. The highest BCUT2D eigenvalue weighted by Gasteiger charge is 2.21. The van der Waals surface area contributed by atoms with Crippen molar-refractivity contribution in [2.24, 2.45) is 5.92 Å². The fourth-order valence-corrected chi connectivity index (χ4v) is 3.30. The molecule has 4 nitrogen and oxygen atoms in total. The van der Waals surface area contributed by atoms with Gasteiger partial charge in [0.15, 0.2) is 0 Å². The van der Waals surface area contributed by atoms with Crippen molar-refractivity contribution in [3.63, 3.8) is 0 Å². The first-order valence-electron chi connectivity index (χ1n) is 7.08. The van der Waals surface area contributed by atoms with Crippen LogP contribution < -0.4 is 5.32 Å². The maximum atomic E-state index is 12.4. The van der Waals surface area contributed by atoms with Gasteiger partial charge < -0.3 is 10.4 Å². The van der Waals surface area contributed by atoms with Gasteiger partial charge in [0.05, 0.1) is 23.4 Å². The first-order valence-corrected chi connectivity index (χ1v) is 8.27. The molecule has 2 rings (SSSR count). The number of hydrogen-bond donors (Lipinski definition) is 2. The maximum absolute atomic E-state index is 12.4. The van der Waals surface area contributed by atoms with Gasteiger partial charge in [-0.05, 0) is 18.9 Å². The first-order chi connectivity index (χ1) is 10.4. The highest BCUT2D eigenvalue weighted by atomic mass is 35.5. The Kier molecular flexibility index (Phi) is 5.56. The molecule has 0 radical (unpaired) electrons. The summed E-state index contributed by atoms with van der Waals surface area (Å²) >= 11 is 7.49. The van der Waals surface area contributed by atoms with Crippen LogP contribution in [-0.4, -0.2) is 28.6 Å². The fourth-order valence-electron chi connectivity index (χ4n) is 2.01. The average molecular weight is 339 g/mol. The van der Waals surface area contributed by atoms with E-state index in [1.54, 1.807) is 13.0 Å². The lowest BCUT2D eigenvalue weighted by atomic mass is 10.1. The second-order valence-corrected chi connectivity index (χ2v) is 6.83. The number of nitrogens with zero attached hydrogens (tertiary/aromatic N) is 1. The third-order valence-electron chi connectivity index (χ3n) is 3.43. The number of carbonyl (C=O) groups is 1. The van der Waals surface area contributed by atoms with Crippen molar-refractivity contribution >= 4 is 28.8 Å². The van der Waals surface area contributed by atoms with Crippen LogP contribution in [0.4, 0.5) is 0 Å². The van der Waals surface area contributed by atoms with Gasteiger partial charge in [0.25, 0.3) is 5.91 Å². The van der Waals surface area contributed by atoms with Crippen LogP contribution in [0.1, 0.15) is 29.2 Å². The molecule has 0 fully saturated rings. The average Bonchev–Trinajstić information content (AvgIpc) is 2.86. The minimum Gasteiger partial charge on any atom is -0.394 e. The number of amides is 1. The van der Waals surface area contributed by atoms with Crippen LogP contribution in [0.2, 0.25) is 5.02 Å². The Balaban J connectivity index is 2.27. The molecule has 0 spiro atoms. The number of aliphatic hydroxyl groups excluding tert-OH is 1. The van der Waals surface area contributed by atoms with Crippen molar-refractivity contribution < 1.29 is 9.90 Å². The predicted molar refractivity (Wildman–Crippen MR) is 90.5 cm³/mol. The van der Waals surface area contributed by atoms with Gasteiger partial charge in [-0.25, -0.2) is 4.98 Å². The number of halogens is 1. The summed E-state index contributed by atoms with van der Waals surface area (Å²) in [5.74, 6) is -0.0498. The summed E-state index contributed by atoms with van der Waals surface area (Å²) in [5.41, 5.74) is 1.48. The molecule has 1 atom stereocenters. The molecule has 118 valence electrons. The van der Waals surface area contributed by atoms with E-state index in [-0.39, 0.29) is 24.5 Å². The summed E-state index contributed by atoms with van der Waals surface area (Å²) in [5, 5.41) is 13.5. The molecular formula is C16H19ClN2O2S. The Bertz CT molecular complexity index is 670. The molecule has 1 unspecified atom stereocenters. The highest BCUT2D eigenvalue weighted by molar-refractivity contribution is 7.17. The normalized spacial score (nSPS) is 12.5. The van der Waals surface area contributed by atoms with E-state index < -0.39 is 0 Å². The Hall–Kier alpha value is -1.43. The number of hydrogen-bond acceptors (Lipinski definition) is 4. The highest BCUT2D eigenvalue weighted by Crippen LogP contribution is 2.32. The molecule has 1 aromatic heterocycles. The van der Waals surface area contributed by atoms with Crippen molar-refractivity contribution in [3.8, 4) is 10.6 Å². The number of benzene rings is 1. The molecule has 1 aromatic carbocycles. The molecular weight excluding hydrogens is 320 g/mol. The molecule has 1 heterocycles. The van der Waals surface area contributed by atoms with E-state index in [0.29, 0.717) is 15.6 Å². The van der Waals surface area contributed by atoms with Crippen LogP contribution in [0.25, 0.3) is 10.6 Å². The van der Waals surface area contributed by atoms with Gasteiger partial charge in [0, 0.05) is 5.56 Å². The van der Waals surface area contributed by atoms with Gasteiger partial charge in [0.1, 0.15) is 9.88 Å². The first kappa shape index (κ1) is 16.9. The summed E-state index contributed by atoms with van der Waals surface area (Å²) in [6.45, 7) is 5.62. The molecule has 0 saturated carbocycles. The third kappa shape index (κ3) is 3.66. The van der Waals surface area contributed by atoms with E-state index in [0.717, 1.165) is 10.6 Å². The Morgan fingerprint density at radius 2 is 2.09 bits per heavy atom. The topological polar surface area (TPSA) is 62.2 Å². The zero-order valence-electron chi connectivity index (χ0n) is 12.8. The molecule has 0 aliphatic carbocycles. The minimum atomic E-state index is -0.266. The van der Waals surface area contributed by atoms with Crippen LogP contribution in [0.15, 0.2) is 24.3 Å². The predicted octanol–water partition coefficient (Wildman–Crippen LogP) is 3.52. The number of aromatic nitrogens is 1. The quantitative estimate of drug-likeness (QED) is 0.876. The summed E-state index contributed by atoms with van der Waals surface area (Å²) < 4.78 is 0. The molecule has 2 aromatic rings. The largest absolute Gasteiger partial charge is 0.394 e. The number of carbonyl (C=O) groups excluding carboxylic acids is 1. The van der Waals surface area contributed by atoms with E-state index in [1.807, 2.05) is 32.0 Å². The number of rotatable bonds is 5. The third-order valence-corrected chi connectivity index (χ3v) is 4.94. The number of aryl methyl sites for hydroxylation is 1.